The van der Waals surface area contributed by atoms with Gasteiger partial charge in [-0.2, -0.15) is 0 Å². The summed E-state index contributed by atoms with van der Waals surface area (Å²) in [4.78, 5) is 35.8. The van der Waals surface area contributed by atoms with Gasteiger partial charge in [0.05, 0.1) is 12.5 Å². The number of anilines is 1. The molecule has 7 heteroatoms. The molecule has 0 spiro atoms. The Balaban J connectivity index is 1.82. The Kier molecular flexibility index (Phi) is 8.62. The normalized spacial score (nSPS) is 11.6. The standard InChI is InChI=1S/C27H30N2O5/c1-3-34-27(33)28-17-19-14-15-21(10-7-13-25(30)31)24(16-19)29-26(32)18(2)22-12-6-9-20-8-4-5-11-23(20)22/h4-6,8-9,11-12,14-16,18H,3,7,10,13,17H2,1-2H3,(H,28,33)(H,29,32)(H,30,31). The van der Waals surface area contributed by atoms with Gasteiger partial charge in [-0.1, -0.05) is 54.6 Å². The Morgan fingerprint density at radius 2 is 1.79 bits per heavy atom. The lowest BCUT2D eigenvalue weighted by molar-refractivity contribution is -0.137. The van der Waals surface area contributed by atoms with E-state index >= 15 is 0 Å². The summed E-state index contributed by atoms with van der Waals surface area (Å²) in [6, 6.07) is 19.4. The van der Waals surface area contributed by atoms with E-state index in [2.05, 4.69) is 10.6 Å². The SMILES string of the molecule is CCOC(=O)NCc1ccc(CCCC(=O)O)c(NC(=O)C(C)c2cccc3ccccc23)c1. The lowest BCUT2D eigenvalue weighted by Crippen LogP contribution is -2.24. The monoisotopic (exact) mass is 462 g/mol. The van der Waals surface area contributed by atoms with Crippen molar-refractivity contribution >= 4 is 34.4 Å². The summed E-state index contributed by atoms with van der Waals surface area (Å²) in [5.74, 6) is -1.42. The maximum atomic E-state index is 13.3. The van der Waals surface area contributed by atoms with Crippen LogP contribution in [0.1, 0.15) is 49.3 Å². The molecule has 7 nitrogen and oxygen atoms in total. The molecule has 1 unspecified atom stereocenters. The molecule has 0 heterocycles. The molecular weight excluding hydrogens is 432 g/mol. The molecule has 34 heavy (non-hydrogen) atoms. The van der Waals surface area contributed by atoms with Crippen LogP contribution < -0.4 is 10.6 Å². The van der Waals surface area contributed by atoms with Crippen molar-refractivity contribution in [3.8, 4) is 0 Å². The number of nitrogens with one attached hydrogen (secondary N) is 2. The fourth-order valence-corrected chi connectivity index (χ4v) is 3.86. The van der Waals surface area contributed by atoms with E-state index in [4.69, 9.17) is 9.84 Å². The number of ether oxygens (including phenoxy) is 1. The van der Waals surface area contributed by atoms with Crippen molar-refractivity contribution < 1.29 is 24.2 Å². The van der Waals surface area contributed by atoms with Gasteiger partial charge in [-0.05, 0) is 60.2 Å². The average Bonchev–Trinajstić information content (AvgIpc) is 2.83. The van der Waals surface area contributed by atoms with Gasteiger partial charge in [0.1, 0.15) is 0 Å². The number of carboxylic acids is 1. The number of carbonyl (C=O) groups is 3. The van der Waals surface area contributed by atoms with Gasteiger partial charge < -0.3 is 20.5 Å². The number of amides is 2. The zero-order chi connectivity index (χ0) is 24.5. The number of rotatable bonds is 10. The zero-order valence-electron chi connectivity index (χ0n) is 19.5. The maximum absolute atomic E-state index is 13.3. The number of alkyl carbamates (subject to hydrolysis) is 1. The Labute approximate surface area is 199 Å². The van der Waals surface area contributed by atoms with Crippen LogP contribution in [0.15, 0.2) is 60.7 Å². The molecule has 3 aromatic carbocycles. The van der Waals surface area contributed by atoms with Crippen molar-refractivity contribution in [1.82, 2.24) is 5.32 Å². The van der Waals surface area contributed by atoms with Crippen LogP contribution in [-0.2, 0) is 27.3 Å². The van der Waals surface area contributed by atoms with E-state index in [9.17, 15) is 14.4 Å². The number of hydrogen-bond acceptors (Lipinski definition) is 4. The second-order valence-corrected chi connectivity index (χ2v) is 8.09. The van der Waals surface area contributed by atoms with Crippen molar-refractivity contribution in [2.45, 2.75) is 45.6 Å². The predicted molar refractivity (Wildman–Crippen MR) is 132 cm³/mol. The maximum Gasteiger partial charge on any atom is 0.407 e. The lowest BCUT2D eigenvalue weighted by Gasteiger charge is -2.18. The summed E-state index contributed by atoms with van der Waals surface area (Å²) in [6.07, 6.45) is 0.503. The Morgan fingerprint density at radius 1 is 1.03 bits per heavy atom. The van der Waals surface area contributed by atoms with Gasteiger partial charge in [0.2, 0.25) is 5.91 Å². The minimum atomic E-state index is -0.856. The van der Waals surface area contributed by atoms with Crippen LogP contribution in [0.4, 0.5) is 10.5 Å². The Morgan fingerprint density at radius 3 is 2.56 bits per heavy atom. The molecule has 2 amide bonds. The predicted octanol–water partition coefficient (Wildman–Crippen LogP) is 5.24. The molecule has 0 aliphatic carbocycles. The lowest BCUT2D eigenvalue weighted by atomic mass is 9.94. The first-order valence-corrected chi connectivity index (χ1v) is 11.4. The number of aliphatic carboxylic acids is 1. The summed E-state index contributed by atoms with van der Waals surface area (Å²) < 4.78 is 4.90. The first-order chi connectivity index (χ1) is 16.4. The van der Waals surface area contributed by atoms with Crippen LogP contribution in [0.25, 0.3) is 10.8 Å². The summed E-state index contributed by atoms with van der Waals surface area (Å²) in [5.41, 5.74) is 3.19. The Bertz CT molecular complexity index is 1170. The van der Waals surface area contributed by atoms with Crippen molar-refractivity contribution in [2.75, 3.05) is 11.9 Å². The van der Waals surface area contributed by atoms with Gasteiger partial charge in [-0.3, -0.25) is 9.59 Å². The highest BCUT2D eigenvalue weighted by atomic mass is 16.5. The van der Waals surface area contributed by atoms with Gasteiger partial charge in [-0.25, -0.2) is 4.79 Å². The molecule has 3 N–H and O–H groups in total. The topological polar surface area (TPSA) is 105 Å². The molecular formula is C27H30N2O5. The zero-order valence-corrected chi connectivity index (χ0v) is 19.5. The molecule has 3 aromatic rings. The third-order valence-electron chi connectivity index (χ3n) is 5.66. The van der Waals surface area contributed by atoms with Crippen LogP contribution in [0.3, 0.4) is 0 Å². The van der Waals surface area contributed by atoms with E-state index < -0.39 is 18.0 Å². The van der Waals surface area contributed by atoms with E-state index in [0.717, 1.165) is 27.5 Å². The molecule has 0 aromatic heterocycles. The minimum absolute atomic E-state index is 0.0476. The highest BCUT2D eigenvalue weighted by molar-refractivity contribution is 5.99. The second-order valence-electron chi connectivity index (χ2n) is 8.09. The summed E-state index contributed by atoms with van der Waals surface area (Å²) >= 11 is 0. The summed E-state index contributed by atoms with van der Waals surface area (Å²) in [7, 11) is 0. The number of carboxylic acid groups (broad SMARTS) is 1. The van der Waals surface area contributed by atoms with Crippen molar-refractivity contribution in [1.29, 1.82) is 0 Å². The van der Waals surface area contributed by atoms with Gasteiger partial charge >= 0.3 is 12.1 Å². The third kappa shape index (κ3) is 6.57. The fraction of sp³-hybridized carbons (Fsp3) is 0.296. The quantitative estimate of drug-likeness (QED) is 0.382. The number of benzene rings is 3. The van der Waals surface area contributed by atoms with Crippen molar-refractivity contribution in [3.05, 3.63) is 77.4 Å². The van der Waals surface area contributed by atoms with E-state index in [1.54, 1.807) is 6.92 Å². The molecule has 1 atom stereocenters. The smallest absolute Gasteiger partial charge is 0.407 e. The van der Waals surface area contributed by atoms with E-state index in [0.29, 0.717) is 18.5 Å². The van der Waals surface area contributed by atoms with Crippen LogP contribution in [0, 0.1) is 0 Å². The van der Waals surface area contributed by atoms with E-state index in [-0.39, 0.29) is 25.5 Å². The molecule has 0 saturated carbocycles. The molecule has 0 radical (unpaired) electrons. The summed E-state index contributed by atoms with van der Waals surface area (Å²) in [6.45, 7) is 4.13. The highest BCUT2D eigenvalue weighted by Crippen LogP contribution is 2.28. The summed E-state index contributed by atoms with van der Waals surface area (Å²) in [5, 5.41) is 16.8. The Hall–Kier alpha value is -3.87. The van der Waals surface area contributed by atoms with Crippen LogP contribution in [0.2, 0.25) is 0 Å². The first-order valence-electron chi connectivity index (χ1n) is 11.4. The van der Waals surface area contributed by atoms with Gasteiger partial charge in [0.25, 0.3) is 0 Å². The minimum Gasteiger partial charge on any atom is -0.481 e. The van der Waals surface area contributed by atoms with Gasteiger partial charge in [0, 0.05) is 18.7 Å². The first kappa shape index (κ1) is 24.8. The second kappa shape index (κ2) is 11.8. The fourth-order valence-electron chi connectivity index (χ4n) is 3.86. The molecule has 0 aliphatic heterocycles. The van der Waals surface area contributed by atoms with E-state index in [1.165, 1.54) is 0 Å². The molecule has 3 rings (SSSR count). The molecule has 0 bridgehead atoms. The molecule has 0 aliphatic rings. The molecule has 178 valence electrons. The number of aryl methyl sites for hydroxylation is 1. The average molecular weight is 463 g/mol. The number of fused-ring (bicyclic) bond motifs is 1. The van der Waals surface area contributed by atoms with Gasteiger partial charge in [-0.15, -0.1) is 0 Å². The van der Waals surface area contributed by atoms with Crippen molar-refractivity contribution in [3.63, 3.8) is 0 Å². The number of hydrogen-bond donors (Lipinski definition) is 3. The largest absolute Gasteiger partial charge is 0.481 e. The van der Waals surface area contributed by atoms with Crippen LogP contribution in [-0.4, -0.2) is 29.7 Å². The van der Waals surface area contributed by atoms with Crippen molar-refractivity contribution in [2.24, 2.45) is 0 Å². The van der Waals surface area contributed by atoms with Crippen LogP contribution >= 0.6 is 0 Å². The highest BCUT2D eigenvalue weighted by Gasteiger charge is 2.19. The van der Waals surface area contributed by atoms with Gasteiger partial charge in [0.15, 0.2) is 0 Å². The molecule has 0 fully saturated rings. The molecule has 0 saturated heterocycles. The van der Waals surface area contributed by atoms with Crippen LogP contribution in [0.5, 0.6) is 0 Å². The third-order valence-corrected chi connectivity index (χ3v) is 5.66. The number of carbonyl (C=O) groups excluding carboxylic acids is 2. The van der Waals surface area contributed by atoms with E-state index in [1.807, 2.05) is 67.6 Å².